The van der Waals surface area contributed by atoms with E-state index in [1.54, 1.807) is 12.1 Å². The van der Waals surface area contributed by atoms with Gasteiger partial charge < -0.3 is 9.84 Å². The van der Waals surface area contributed by atoms with Crippen LogP contribution in [0.1, 0.15) is 23.1 Å². The summed E-state index contributed by atoms with van der Waals surface area (Å²) in [7, 11) is 0. The second-order valence-electron chi connectivity index (χ2n) is 8.19. The van der Waals surface area contributed by atoms with Crippen LogP contribution in [-0.4, -0.2) is 16.0 Å². The molecule has 0 aliphatic carbocycles. The monoisotopic (exact) mass is 495 g/mol. The fourth-order valence-electron chi connectivity index (χ4n) is 3.87. The molecule has 0 amide bonds. The molecule has 4 rings (SSSR count). The van der Waals surface area contributed by atoms with Gasteiger partial charge in [0, 0.05) is 18.1 Å². The van der Waals surface area contributed by atoms with Crippen LogP contribution in [-0.2, 0) is 24.0 Å². The lowest BCUT2D eigenvalue weighted by Gasteiger charge is -2.15. The summed E-state index contributed by atoms with van der Waals surface area (Å²) in [5.74, 6) is -1.08. The van der Waals surface area contributed by atoms with E-state index in [2.05, 4.69) is 0 Å². The topological polar surface area (TPSA) is 89.7 Å². The van der Waals surface area contributed by atoms with Gasteiger partial charge in [-0.1, -0.05) is 48.5 Å². The molecule has 0 heterocycles. The van der Waals surface area contributed by atoms with Crippen molar-refractivity contribution in [2.24, 2.45) is 0 Å². The molecule has 0 unspecified atom stereocenters. The van der Waals surface area contributed by atoms with Gasteiger partial charge in [0.05, 0.1) is 10.5 Å². The molecule has 184 valence electrons. The largest absolute Gasteiger partial charge is 0.482 e. The van der Waals surface area contributed by atoms with Gasteiger partial charge in [0.2, 0.25) is 5.75 Å². The van der Waals surface area contributed by atoms with Gasteiger partial charge >= 0.3 is 17.8 Å². The van der Waals surface area contributed by atoms with Crippen LogP contribution in [0.3, 0.4) is 0 Å². The van der Waals surface area contributed by atoms with Crippen LogP contribution in [0.15, 0.2) is 78.9 Å². The van der Waals surface area contributed by atoms with Crippen LogP contribution in [0.4, 0.5) is 18.9 Å². The molecule has 9 heteroatoms. The van der Waals surface area contributed by atoms with E-state index < -0.39 is 22.6 Å². The van der Waals surface area contributed by atoms with Gasteiger partial charge in [0.25, 0.3) is 0 Å². The molecule has 36 heavy (non-hydrogen) atoms. The van der Waals surface area contributed by atoms with E-state index >= 15 is 0 Å². The number of ether oxygens (including phenoxy) is 1. The van der Waals surface area contributed by atoms with Gasteiger partial charge in [-0.3, -0.25) is 14.9 Å². The van der Waals surface area contributed by atoms with Crippen LogP contribution in [0.2, 0.25) is 0 Å². The minimum atomic E-state index is -4.48. The maximum absolute atomic E-state index is 12.9. The van der Waals surface area contributed by atoms with Gasteiger partial charge in [-0.15, -0.1) is 0 Å². The molecular formula is C27H20F3NO5. The SMILES string of the molecule is O=C(O)CCc1cc(-c2ccc3ccccc3c2)c(OCc2ccc(C(F)(F)F)cc2)c([N+](=O)[O-])c1. The van der Waals surface area contributed by atoms with Crippen molar-refractivity contribution in [3.63, 3.8) is 0 Å². The van der Waals surface area contributed by atoms with E-state index in [9.17, 15) is 28.1 Å². The first-order chi connectivity index (χ1) is 17.1. The van der Waals surface area contributed by atoms with Crippen molar-refractivity contribution in [1.29, 1.82) is 0 Å². The minimum absolute atomic E-state index is 0.0470. The van der Waals surface area contributed by atoms with E-state index in [0.29, 0.717) is 22.3 Å². The molecule has 0 radical (unpaired) electrons. The second-order valence-corrected chi connectivity index (χ2v) is 8.19. The van der Waals surface area contributed by atoms with Gasteiger partial charge in [-0.2, -0.15) is 13.2 Å². The zero-order valence-corrected chi connectivity index (χ0v) is 18.8. The number of aryl methyl sites for hydroxylation is 1. The molecule has 0 aliphatic heterocycles. The minimum Gasteiger partial charge on any atom is -0.482 e. The second kappa shape index (κ2) is 10.1. The average molecular weight is 495 g/mol. The molecule has 0 saturated heterocycles. The maximum atomic E-state index is 12.9. The summed E-state index contributed by atoms with van der Waals surface area (Å²) in [6.07, 6.45) is -4.61. The standard InChI is InChI=1S/C27H20F3NO5/c28-27(29,30)22-10-5-17(6-11-22)16-36-26-23(21-9-8-19-3-1-2-4-20(19)15-21)13-18(7-12-25(32)33)14-24(26)31(34)35/h1-6,8-11,13-15H,7,12,16H2,(H,32,33). The van der Waals surface area contributed by atoms with Crippen LogP contribution < -0.4 is 4.74 Å². The molecule has 0 atom stereocenters. The van der Waals surface area contributed by atoms with E-state index in [1.165, 1.54) is 18.2 Å². The highest BCUT2D eigenvalue weighted by Gasteiger charge is 2.30. The summed E-state index contributed by atoms with van der Waals surface area (Å²) < 4.78 is 44.5. The number of nitro groups is 1. The summed E-state index contributed by atoms with van der Waals surface area (Å²) in [6.45, 7) is -0.200. The number of nitro benzene ring substituents is 1. The summed E-state index contributed by atoms with van der Waals surface area (Å²) in [5, 5.41) is 22.9. The van der Waals surface area contributed by atoms with Crippen molar-refractivity contribution >= 4 is 22.4 Å². The van der Waals surface area contributed by atoms with Gasteiger partial charge in [0.15, 0.2) is 0 Å². The van der Waals surface area contributed by atoms with Crippen molar-refractivity contribution in [3.8, 4) is 16.9 Å². The highest BCUT2D eigenvalue weighted by molar-refractivity contribution is 5.89. The summed E-state index contributed by atoms with van der Waals surface area (Å²) in [6, 6.07) is 20.3. The number of hydrogen-bond donors (Lipinski definition) is 1. The third-order valence-electron chi connectivity index (χ3n) is 5.68. The number of benzene rings is 4. The Labute approximate surface area is 203 Å². The van der Waals surface area contributed by atoms with Gasteiger partial charge in [0.1, 0.15) is 6.61 Å². The lowest BCUT2D eigenvalue weighted by atomic mass is 9.96. The number of rotatable bonds is 8. The fourth-order valence-corrected chi connectivity index (χ4v) is 3.87. The quantitative estimate of drug-likeness (QED) is 0.209. The number of nitrogens with zero attached hydrogens (tertiary/aromatic N) is 1. The number of halogens is 3. The lowest BCUT2D eigenvalue weighted by molar-refractivity contribution is -0.385. The number of carboxylic acids is 1. The van der Waals surface area contributed by atoms with Crippen LogP contribution in [0.5, 0.6) is 5.75 Å². The number of carboxylic acid groups (broad SMARTS) is 1. The Bertz CT molecular complexity index is 1430. The third kappa shape index (κ3) is 5.63. The maximum Gasteiger partial charge on any atom is 0.416 e. The molecule has 0 bridgehead atoms. The number of alkyl halides is 3. The van der Waals surface area contributed by atoms with Gasteiger partial charge in [-0.05, 0) is 58.1 Å². The molecule has 6 nitrogen and oxygen atoms in total. The summed E-state index contributed by atoms with van der Waals surface area (Å²) in [4.78, 5) is 22.4. The zero-order valence-electron chi connectivity index (χ0n) is 18.8. The normalized spacial score (nSPS) is 11.4. The Morgan fingerprint density at radius 1 is 0.917 bits per heavy atom. The Balaban J connectivity index is 1.77. The Morgan fingerprint density at radius 2 is 1.61 bits per heavy atom. The molecule has 0 fully saturated rings. The van der Waals surface area contributed by atoms with Crippen LogP contribution >= 0.6 is 0 Å². The predicted molar refractivity (Wildman–Crippen MR) is 128 cm³/mol. The highest BCUT2D eigenvalue weighted by atomic mass is 19.4. The molecular weight excluding hydrogens is 475 g/mol. The number of carbonyl (C=O) groups is 1. The fraction of sp³-hybridized carbons (Fsp3) is 0.148. The molecule has 4 aromatic rings. The first-order valence-corrected chi connectivity index (χ1v) is 10.9. The number of hydrogen-bond acceptors (Lipinski definition) is 4. The van der Waals surface area contributed by atoms with E-state index in [4.69, 9.17) is 9.84 Å². The van der Waals surface area contributed by atoms with Crippen molar-refractivity contribution in [1.82, 2.24) is 0 Å². The van der Waals surface area contributed by atoms with Crippen molar-refractivity contribution < 1.29 is 32.7 Å². The number of aliphatic carboxylic acids is 1. The molecule has 0 saturated carbocycles. The van der Waals surface area contributed by atoms with Crippen molar-refractivity contribution in [3.05, 3.63) is 106 Å². The average Bonchev–Trinajstić information content (AvgIpc) is 2.85. The third-order valence-corrected chi connectivity index (χ3v) is 5.68. The smallest absolute Gasteiger partial charge is 0.416 e. The van der Waals surface area contributed by atoms with E-state index in [1.807, 2.05) is 36.4 Å². The summed E-state index contributed by atoms with van der Waals surface area (Å²) in [5.41, 5.74) is 0.703. The highest BCUT2D eigenvalue weighted by Crippen LogP contribution is 2.41. The molecule has 4 aromatic carbocycles. The van der Waals surface area contributed by atoms with E-state index in [0.717, 1.165) is 22.9 Å². The first-order valence-electron chi connectivity index (χ1n) is 10.9. The lowest BCUT2D eigenvalue weighted by Crippen LogP contribution is -2.06. The van der Waals surface area contributed by atoms with Gasteiger partial charge in [-0.25, -0.2) is 0 Å². The van der Waals surface area contributed by atoms with Crippen molar-refractivity contribution in [2.45, 2.75) is 25.6 Å². The van der Waals surface area contributed by atoms with Crippen LogP contribution in [0.25, 0.3) is 21.9 Å². The zero-order chi connectivity index (χ0) is 25.9. The predicted octanol–water partition coefficient (Wildman–Crippen LogP) is 7.03. The summed E-state index contributed by atoms with van der Waals surface area (Å²) >= 11 is 0. The molecule has 0 aliphatic rings. The van der Waals surface area contributed by atoms with Crippen LogP contribution in [0, 0.1) is 10.1 Å². The Morgan fingerprint density at radius 3 is 2.25 bits per heavy atom. The molecule has 0 spiro atoms. The first kappa shape index (κ1) is 24.7. The molecule has 0 aromatic heterocycles. The molecule has 1 N–H and O–H groups in total. The Hall–Kier alpha value is -4.40. The Kier molecular flexibility index (Phi) is 6.91. The van der Waals surface area contributed by atoms with E-state index in [-0.39, 0.29) is 30.9 Å². The number of fused-ring (bicyclic) bond motifs is 1. The van der Waals surface area contributed by atoms with Crippen molar-refractivity contribution in [2.75, 3.05) is 0 Å².